The van der Waals surface area contributed by atoms with Gasteiger partial charge in [-0.05, 0) is 70.0 Å². The maximum atomic E-state index is 14.6. The lowest BCUT2D eigenvalue weighted by Crippen LogP contribution is -2.34. The Hall–Kier alpha value is -2.27. The lowest BCUT2D eigenvalue weighted by atomic mass is 10.1. The van der Waals surface area contributed by atoms with Gasteiger partial charge in [0.15, 0.2) is 5.78 Å². The van der Waals surface area contributed by atoms with E-state index in [4.69, 9.17) is 4.52 Å². The van der Waals surface area contributed by atoms with E-state index in [9.17, 15) is 13.8 Å². The van der Waals surface area contributed by atoms with Gasteiger partial charge in [-0.2, -0.15) is 0 Å². The Labute approximate surface area is 193 Å². The minimum Gasteiger partial charge on any atom is -0.310 e. The van der Waals surface area contributed by atoms with Crippen LogP contribution in [-0.4, -0.2) is 18.4 Å². The van der Waals surface area contributed by atoms with E-state index in [1.165, 1.54) is 30.4 Å². The molecule has 0 saturated carbocycles. The highest BCUT2D eigenvalue weighted by atomic mass is 32.1. The molecule has 3 rings (SSSR count). The van der Waals surface area contributed by atoms with Crippen LogP contribution < -0.4 is 9.97 Å². The molecule has 7 heteroatoms. The molecule has 32 heavy (non-hydrogen) atoms. The third-order valence-electron chi connectivity index (χ3n) is 5.14. The van der Waals surface area contributed by atoms with E-state index in [2.05, 4.69) is 0 Å². The molecule has 0 aliphatic rings. The summed E-state index contributed by atoms with van der Waals surface area (Å²) in [7, 11) is -3.54. The van der Waals surface area contributed by atoms with Crippen molar-refractivity contribution in [2.45, 2.75) is 47.6 Å². The van der Waals surface area contributed by atoms with Gasteiger partial charge in [-0.15, -0.1) is 11.3 Å². The number of hydrogen-bond donors (Lipinski definition) is 0. The molecule has 0 N–H and O–H groups in total. The van der Waals surface area contributed by atoms with Gasteiger partial charge in [0.2, 0.25) is 0 Å². The van der Waals surface area contributed by atoms with E-state index in [-0.39, 0.29) is 24.2 Å². The number of hydrogen-bond acceptors (Lipinski definition) is 4. The van der Waals surface area contributed by atoms with E-state index in [1.807, 2.05) is 58.9 Å². The van der Waals surface area contributed by atoms with Crippen molar-refractivity contribution in [1.29, 1.82) is 0 Å². The Kier molecular flexibility index (Phi) is 7.39. The third kappa shape index (κ3) is 4.73. The number of rotatable bonds is 8. The molecule has 1 aromatic heterocycles. The Morgan fingerprint density at radius 1 is 1.12 bits per heavy atom. The molecular weight excluding hydrogens is 444 g/mol. The number of nitrogens with zero attached hydrogens (tertiary/aromatic N) is 1. The SMILES string of the molecule is CCOP(=O)(c1ccc(C)cc1C)N(c1cc(-c2ccc(F)cc2)sc1C(C)=O)C(C)C. The van der Waals surface area contributed by atoms with Crippen LogP contribution in [0.1, 0.15) is 48.5 Å². The smallest absolute Gasteiger partial charge is 0.310 e. The monoisotopic (exact) mass is 473 g/mol. The van der Waals surface area contributed by atoms with Gasteiger partial charge < -0.3 is 4.52 Å². The summed E-state index contributed by atoms with van der Waals surface area (Å²) in [5.74, 6) is -0.440. The molecule has 3 aromatic rings. The molecule has 0 bridgehead atoms. The average molecular weight is 474 g/mol. The number of thiophene rings is 1. The second-order valence-electron chi connectivity index (χ2n) is 8.05. The Morgan fingerprint density at radius 2 is 1.78 bits per heavy atom. The van der Waals surface area contributed by atoms with Crippen LogP contribution >= 0.6 is 18.9 Å². The molecule has 1 unspecified atom stereocenters. The molecule has 1 heterocycles. The fourth-order valence-electron chi connectivity index (χ4n) is 3.83. The first-order chi connectivity index (χ1) is 15.1. The molecule has 0 fully saturated rings. The van der Waals surface area contributed by atoms with Crippen LogP contribution in [-0.2, 0) is 9.09 Å². The molecule has 0 saturated heterocycles. The number of Topliss-reactive ketones (excluding diaryl/α,β-unsaturated/α-hetero) is 1. The first-order valence-corrected chi connectivity index (χ1v) is 13.0. The van der Waals surface area contributed by atoms with Crippen LogP contribution in [0.25, 0.3) is 10.4 Å². The molecule has 4 nitrogen and oxygen atoms in total. The topological polar surface area (TPSA) is 46.6 Å². The van der Waals surface area contributed by atoms with Crippen LogP contribution in [0.15, 0.2) is 48.5 Å². The number of anilines is 1. The van der Waals surface area contributed by atoms with Crippen molar-refractivity contribution >= 4 is 35.6 Å². The highest BCUT2D eigenvalue weighted by molar-refractivity contribution is 7.68. The fourth-order valence-corrected chi connectivity index (χ4v) is 7.62. The summed E-state index contributed by atoms with van der Waals surface area (Å²) in [6, 6.07) is 13.6. The van der Waals surface area contributed by atoms with Crippen LogP contribution in [0.2, 0.25) is 0 Å². The molecule has 0 aliphatic carbocycles. The minimum absolute atomic E-state index is 0.118. The number of aryl methyl sites for hydroxylation is 2. The van der Waals surface area contributed by atoms with Gasteiger partial charge in [-0.1, -0.05) is 29.8 Å². The van der Waals surface area contributed by atoms with Gasteiger partial charge in [-0.3, -0.25) is 14.0 Å². The molecule has 2 aromatic carbocycles. The van der Waals surface area contributed by atoms with Gasteiger partial charge in [-0.25, -0.2) is 4.39 Å². The van der Waals surface area contributed by atoms with Crippen molar-refractivity contribution in [3.8, 4) is 10.4 Å². The predicted octanol–water partition coefficient (Wildman–Crippen LogP) is 7.14. The minimum atomic E-state index is -3.54. The zero-order valence-corrected chi connectivity index (χ0v) is 21.0. The highest BCUT2D eigenvalue weighted by Crippen LogP contribution is 2.56. The zero-order chi connectivity index (χ0) is 23.6. The number of carbonyl (C=O) groups is 1. The van der Waals surface area contributed by atoms with Crippen molar-refractivity contribution in [1.82, 2.24) is 0 Å². The quantitative estimate of drug-likeness (QED) is 0.258. The molecule has 170 valence electrons. The molecule has 0 aliphatic heterocycles. The van der Waals surface area contributed by atoms with E-state index >= 15 is 0 Å². The van der Waals surface area contributed by atoms with Gasteiger partial charge in [0.25, 0.3) is 0 Å². The van der Waals surface area contributed by atoms with Crippen molar-refractivity contribution in [3.63, 3.8) is 0 Å². The zero-order valence-electron chi connectivity index (χ0n) is 19.3. The van der Waals surface area contributed by atoms with Gasteiger partial charge in [0.1, 0.15) is 5.82 Å². The van der Waals surface area contributed by atoms with Gasteiger partial charge in [0.05, 0.1) is 22.5 Å². The molecule has 1 atom stereocenters. The summed E-state index contributed by atoms with van der Waals surface area (Å²) in [6.45, 7) is 11.4. The van der Waals surface area contributed by atoms with Gasteiger partial charge in [0, 0.05) is 17.8 Å². The predicted molar refractivity (Wildman–Crippen MR) is 132 cm³/mol. The first-order valence-electron chi connectivity index (χ1n) is 10.6. The highest BCUT2D eigenvalue weighted by Gasteiger charge is 2.39. The molecule has 0 amide bonds. The molecule has 0 radical (unpaired) electrons. The van der Waals surface area contributed by atoms with Crippen LogP contribution in [0.4, 0.5) is 10.1 Å². The van der Waals surface area contributed by atoms with Crippen molar-refractivity contribution in [2.75, 3.05) is 11.3 Å². The van der Waals surface area contributed by atoms with E-state index in [0.29, 0.717) is 15.9 Å². The Balaban J connectivity index is 2.25. The second kappa shape index (κ2) is 9.70. The van der Waals surface area contributed by atoms with Crippen molar-refractivity contribution < 1.29 is 18.3 Å². The summed E-state index contributed by atoms with van der Waals surface area (Å²) >= 11 is 1.32. The first kappa shape index (κ1) is 24.4. The summed E-state index contributed by atoms with van der Waals surface area (Å²) in [6.07, 6.45) is 0. The second-order valence-corrected chi connectivity index (χ2v) is 11.3. The average Bonchev–Trinajstić information content (AvgIpc) is 3.13. The normalized spacial score (nSPS) is 13.2. The van der Waals surface area contributed by atoms with Gasteiger partial charge >= 0.3 is 7.52 Å². The fraction of sp³-hybridized carbons (Fsp3) is 0.320. The van der Waals surface area contributed by atoms with Crippen molar-refractivity contribution in [3.05, 3.63) is 70.4 Å². The number of ketones is 1. The largest absolute Gasteiger partial charge is 0.327 e. The Bertz CT molecular complexity index is 1170. The molecular formula is C25H29FNO3PS. The summed E-state index contributed by atoms with van der Waals surface area (Å²) in [5, 5.41) is 0.627. The van der Waals surface area contributed by atoms with E-state index in [0.717, 1.165) is 21.6 Å². The van der Waals surface area contributed by atoms with E-state index in [1.54, 1.807) is 16.8 Å². The standard InChI is InChI=1S/C25H29FNO3PS/c1-7-30-31(29,23-13-8-17(4)14-18(23)5)27(16(2)3)22-15-24(32-25(22)19(6)28)20-9-11-21(26)12-10-20/h8-16H,7H2,1-6H3. The lowest BCUT2D eigenvalue weighted by molar-refractivity contribution is 0.102. The number of halogens is 1. The maximum Gasteiger partial charge on any atom is 0.327 e. The lowest BCUT2D eigenvalue weighted by Gasteiger charge is -2.36. The third-order valence-corrected chi connectivity index (χ3v) is 9.38. The maximum absolute atomic E-state index is 14.6. The van der Waals surface area contributed by atoms with Crippen molar-refractivity contribution in [2.24, 2.45) is 0 Å². The van der Waals surface area contributed by atoms with Crippen LogP contribution in [0, 0.1) is 19.7 Å². The summed E-state index contributed by atoms with van der Waals surface area (Å²) in [4.78, 5) is 13.9. The summed E-state index contributed by atoms with van der Waals surface area (Å²) < 4.78 is 35.8. The number of benzene rings is 2. The number of carbonyl (C=O) groups excluding carboxylic acids is 1. The van der Waals surface area contributed by atoms with E-state index < -0.39 is 7.52 Å². The Morgan fingerprint density at radius 3 is 2.31 bits per heavy atom. The van der Waals surface area contributed by atoms with Crippen LogP contribution in [0.5, 0.6) is 0 Å². The van der Waals surface area contributed by atoms with Crippen LogP contribution in [0.3, 0.4) is 0 Å². The molecule has 0 spiro atoms. The summed E-state index contributed by atoms with van der Waals surface area (Å²) in [5.41, 5.74) is 3.33.